The molecule has 0 bridgehead atoms. The van der Waals surface area contributed by atoms with E-state index >= 15 is 0 Å². The standard InChI is InChI=1S/C16H13N3O3S2/c1-18(8-11-4-2-3-5-14(11)19(21)22)16(20)13-10-24-15(17-13)12-6-7-23-9-12/h2-7,9-10H,8H2,1H3. The maximum atomic E-state index is 12.5. The lowest BCUT2D eigenvalue weighted by atomic mass is 10.1. The number of aromatic nitrogens is 1. The second-order valence-electron chi connectivity index (χ2n) is 5.10. The van der Waals surface area contributed by atoms with Gasteiger partial charge in [-0.2, -0.15) is 11.3 Å². The van der Waals surface area contributed by atoms with Gasteiger partial charge in [0, 0.05) is 35.0 Å². The van der Waals surface area contributed by atoms with Crippen molar-refractivity contribution < 1.29 is 9.72 Å². The van der Waals surface area contributed by atoms with E-state index < -0.39 is 4.92 Å². The fraction of sp³-hybridized carbons (Fsp3) is 0.125. The molecule has 24 heavy (non-hydrogen) atoms. The molecule has 0 aliphatic heterocycles. The zero-order valence-electron chi connectivity index (χ0n) is 12.7. The van der Waals surface area contributed by atoms with Crippen LogP contribution < -0.4 is 0 Å². The zero-order valence-corrected chi connectivity index (χ0v) is 14.3. The predicted octanol–water partition coefficient (Wildman–Crippen LogP) is 4.05. The quantitative estimate of drug-likeness (QED) is 0.509. The van der Waals surface area contributed by atoms with Crippen LogP contribution in [0.5, 0.6) is 0 Å². The zero-order chi connectivity index (χ0) is 17.1. The van der Waals surface area contributed by atoms with Gasteiger partial charge in [-0.1, -0.05) is 18.2 Å². The highest BCUT2D eigenvalue weighted by molar-refractivity contribution is 7.14. The first kappa shape index (κ1) is 16.3. The number of carbonyl (C=O) groups excluding carboxylic acids is 1. The molecule has 0 unspecified atom stereocenters. The van der Waals surface area contributed by atoms with Crippen LogP contribution in [0.1, 0.15) is 16.1 Å². The number of rotatable bonds is 5. The molecular weight excluding hydrogens is 346 g/mol. The van der Waals surface area contributed by atoms with E-state index in [9.17, 15) is 14.9 Å². The summed E-state index contributed by atoms with van der Waals surface area (Å²) in [4.78, 5) is 29.0. The Morgan fingerprint density at radius 2 is 2.08 bits per heavy atom. The Hall–Kier alpha value is -2.58. The molecule has 122 valence electrons. The van der Waals surface area contributed by atoms with Crippen LogP contribution in [0.4, 0.5) is 5.69 Å². The molecule has 6 nitrogen and oxygen atoms in total. The van der Waals surface area contributed by atoms with Crippen molar-refractivity contribution >= 4 is 34.3 Å². The molecular formula is C16H13N3O3S2. The Bertz CT molecular complexity index is 874. The molecule has 0 saturated heterocycles. The number of para-hydroxylation sites is 1. The van der Waals surface area contributed by atoms with E-state index in [1.54, 1.807) is 42.0 Å². The van der Waals surface area contributed by atoms with Crippen molar-refractivity contribution in [1.82, 2.24) is 9.88 Å². The van der Waals surface area contributed by atoms with Crippen molar-refractivity contribution in [1.29, 1.82) is 0 Å². The summed E-state index contributed by atoms with van der Waals surface area (Å²) < 4.78 is 0. The normalized spacial score (nSPS) is 10.5. The molecule has 3 rings (SSSR count). The van der Waals surface area contributed by atoms with Crippen LogP contribution in [-0.4, -0.2) is 27.8 Å². The molecule has 2 aromatic heterocycles. The van der Waals surface area contributed by atoms with E-state index in [1.165, 1.54) is 22.3 Å². The van der Waals surface area contributed by atoms with Gasteiger partial charge in [-0.25, -0.2) is 4.98 Å². The van der Waals surface area contributed by atoms with E-state index in [2.05, 4.69) is 4.98 Å². The maximum Gasteiger partial charge on any atom is 0.274 e. The van der Waals surface area contributed by atoms with Crippen molar-refractivity contribution in [2.75, 3.05) is 7.05 Å². The first-order valence-corrected chi connectivity index (χ1v) is 8.84. The van der Waals surface area contributed by atoms with E-state index in [0.29, 0.717) is 11.3 Å². The lowest BCUT2D eigenvalue weighted by Crippen LogP contribution is -2.26. The molecule has 1 amide bonds. The van der Waals surface area contributed by atoms with E-state index in [0.717, 1.165) is 10.6 Å². The fourth-order valence-corrected chi connectivity index (χ4v) is 3.74. The summed E-state index contributed by atoms with van der Waals surface area (Å²) in [7, 11) is 1.61. The van der Waals surface area contributed by atoms with Crippen LogP contribution in [0.25, 0.3) is 10.6 Å². The van der Waals surface area contributed by atoms with Gasteiger partial charge in [0.1, 0.15) is 10.7 Å². The summed E-state index contributed by atoms with van der Waals surface area (Å²) in [6.45, 7) is 0.154. The minimum absolute atomic E-state index is 0.00869. The first-order valence-electron chi connectivity index (χ1n) is 7.02. The second-order valence-corrected chi connectivity index (χ2v) is 6.74. The predicted molar refractivity (Wildman–Crippen MR) is 94.3 cm³/mol. The van der Waals surface area contributed by atoms with Crippen molar-refractivity contribution in [2.45, 2.75) is 6.54 Å². The molecule has 0 spiro atoms. The average Bonchev–Trinajstić information content (AvgIpc) is 3.25. The molecule has 0 aliphatic rings. The van der Waals surface area contributed by atoms with Crippen LogP contribution in [0.2, 0.25) is 0 Å². The van der Waals surface area contributed by atoms with Crippen molar-refractivity contribution in [2.24, 2.45) is 0 Å². The molecule has 0 N–H and O–H groups in total. The van der Waals surface area contributed by atoms with Gasteiger partial charge in [0.25, 0.3) is 11.6 Å². The van der Waals surface area contributed by atoms with Gasteiger partial charge in [-0.15, -0.1) is 11.3 Å². The summed E-state index contributed by atoms with van der Waals surface area (Å²) in [5.41, 5.74) is 1.84. The number of thiophene rings is 1. The summed E-state index contributed by atoms with van der Waals surface area (Å²) in [6.07, 6.45) is 0. The highest BCUT2D eigenvalue weighted by Crippen LogP contribution is 2.26. The third kappa shape index (κ3) is 3.34. The number of nitro groups is 1. The minimum Gasteiger partial charge on any atom is -0.336 e. The van der Waals surface area contributed by atoms with Gasteiger partial charge in [0.05, 0.1) is 11.5 Å². The van der Waals surface area contributed by atoms with Crippen LogP contribution in [0.3, 0.4) is 0 Å². The average molecular weight is 359 g/mol. The summed E-state index contributed by atoms with van der Waals surface area (Å²) >= 11 is 2.98. The van der Waals surface area contributed by atoms with E-state index in [4.69, 9.17) is 0 Å². The number of thiazole rings is 1. The highest BCUT2D eigenvalue weighted by Gasteiger charge is 2.20. The number of nitrogens with zero attached hydrogens (tertiary/aromatic N) is 3. The number of benzene rings is 1. The Morgan fingerprint density at radius 1 is 1.29 bits per heavy atom. The third-order valence-electron chi connectivity index (χ3n) is 3.43. The lowest BCUT2D eigenvalue weighted by Gasteiger charge is -2.15. The molecule has 3 aromatic rings. The number of nitro benzene ring substituents is 1. The van der Waals surface area contributed by atoms with Crippen LogP contribution in [0.15, 0.2) is 46.5 Å². The number of hydrogen-bond donors (Lipinski definition) is 0. The van der Waals surface area contributed by atoms with Crippen LogP contribution in [-0.2, 0) is 6.54 Å². The maximum absolute atomic E-state index is 12.5. The van der Waals surface area contributed by atoms with Gasteiger partial charge in [0.15, 0.2) is 0 Å². The lowest BCUT2D eigenvalue weighted by molar-refractivity contribution is -0.385. The number of hydrogen-bond acceptors (Lipinski definition) is 6. The molecule has 8 heteroatoms. The van der Waals surface area contributed by atoms with Crippen molar-refractivity contribution in [3.63, 3.8) is 0 Å². The number of amides is 1. The van der Waals surface area contributed by atoms with Crippen LogP contribution in [0, 0.1) is 10.1 Å². The van der Waals surface area contributed by atoms with Gasteiger partial charge in [-0.3, -0.25) is 14.9 Å². The largest absolute Gasteiger partial charge is 0.336 e. The molecule has 0 saturated carbocycles. The highest BCUT2D eigenvalue weighted by atomic mass is 32.1. The van der Waals surface area contributed by atoms with E-state index in [-0.39, 0.29) is 18.1 Å². The van der Waals surface area contributed by atoms with Gasteiger partial charge in [-0.05, 0) is 11.4 Å². The second kappa shape index (κ2) is 6.90. The number of carbonyl (C=O) groups is 1. The summed E-state index contributed by atoms with van der Waals surface area (Å²) in [5, 5.41) is 17.5. The molecule has 0 fully saturated rings. The molecule has 0 aliphatic carbocycles. The molecule has 1 aromatic carbocycles. The van der Waals surface area contributed by atoms with Crippen LogP contribution >= 0.6 is 22.7 Å². The smallest absolute Gasteiger partial charge is 0.274 e. The monoisotopic (exact) mass is 359 g/mol. The topological polar surface area (TPSA) is 76.3 Å². The van der Waals surface area contributed by atoms with Crippen molar-refractivity contribution in [3.8, 4) is 10.6 Å². The first-order chi connectivity index (χ1) is 11.6. The van der Waals surface area contributed by atoms with Gasteiger partial charge in [0.2, 0.25) is 0 Å². The minimum atomic E-state index is -0.439. The Labute approximate surface area is 146 Å². The van der Waals surface area contributed by atoms with Gasteiger partial charge < -0.3 is 4.90 Å². The summed E-state index contributed by atoms with van der Waals surface area (Å²) in [5.74, 6) is -0.258. The van der Waals surface area contributed by atoms with Gasteiger partial charge >= 0.3 is 0 Å². The Kier molecular flexibility index (Phi) is 4.68. The Balaban J connectivity index is 1.77. The third-order valence-corrected chi connectivity index (χ3v) is 5.01. The fourth-order valence-electron chi connectivity index (χ4n) is 2.24. The molecule has 0 atom stereocenters. The van der Waals surface area contributed by atoms with E-state index in [1.807, 2.05) is 16.8 Å². The summed E-state index contributed by atoms with van der Waals surface area (Å²) in [6, 6.07) is 8.37. The van der Waals surface area contributed by atoms with Crippen molar-refractivity contribution in [3.05, 3.63) is 67.8 Å². The molecule has 0 radical (unpaired) electrons. The molecule has 2 heterocycles. The Morgan fingerprint density at radius 3 is 2.79 bits per heavy atom. The SMILES string of the molecule is CN(Cc1ccccc1[N+](=O)[O-])C(=O)c1csc(-c2ccsc2)n1.